The summed E-state index contributed by atoms with van der Waals surface area (Å²) in [4.78, 5) is 0. The number of hydrogen-bond donors (Lipinski definition) is 1. The number of nitrogens with zero attached hydrogens (tertiary/aromatic N) is 1. The van der Waals surface area contributed by atoms with Gasteiger partial charge in [-0.25, -0.2) is 12.7 Å². The van der Waals surface area contributed by atoms with Gasteiger partial charge in [-0.3, -0.25) is 0 Å². The lowest BCUT2D eigenvalue weighted by Gasteiger charge is -2.32. The Bertz CT molecular complexity index is 553. The Morgan fingerprint density at radius 2 is 2.24 bits per heavy atom. The highest BCUT2D eigenvalue weighted by atomic mass is 32.2. The van der Waals surface area contributed by atoms with E-state index in [0.29, 0.717) is 19.0 Å². The van der Waals surface area contributed by atoms with Crippen LogP contribution in [0.4, 0.5) is 0 Å². The van der Waals surface area contributed by atoms with Crippen LogP contribution in [0.15, 0.2) is 16.5 Å². The van der Waals surface area contributed by atoms with Crippen molar-refractivity contribution in [3.05, 3.63) is 23.7 Å². The zero-order valence-electron chi connectivity index (χ0n) is 13.1. The summed E-state index contributed by atoms with van der Waals surface area (Å²) >= 11 is 0. The van der Waals surface area contributed by atoms with Crippen LogP contribution < -0.4 is 5.32 Å². The molecule has 0 radical (unpaired) electrons. The van der Waals surface area contributed by atoms with Crippen molar-refractivity contribution in [2.45, 2.75) is 39.2 Å². The van der Waals surface area contributed by atoms with Crippen LogP contribution in [0.3, 0.4) is 0 Å². The van der Waals surface area contributed by atoms with Crippen LogP contribution >= 0.6 is 0 Å². The molecule has 0 bridgehead atoms. The Labute approximate surface area is 127 Å². The van der Waals surface area contributed by atoms with Crippen molar-refractivity contribution < 1.29 is 12.8 Å². The van der Waals surface area contributed by atoms with E-state index in [9.17, 15) is 8.42 Å². The molecular formula is C15H26N2O3S. The molecule has 1 fully saturated rings. The molecule has 0 aliphatic carbocycles. The van der Waals surface area contributed by atoms with Gasteiger partial charge in [0.1, 0.15) is 11.5 Å². The maximum atomic E-state index is 11.7. The molecule has 2 heterocycles. The minimum absolute atomic E-state index is 0.160. The number of furan rings is 1. The fourth-order valence-corrected chi connectivity index (χ4v) is 3.98. The van der Waals surface area contributed by atoms with E-state index in [1.807, 2.05) is 19.1 Å². The van der Waals surface area contributed by atoms with E-state index < -0.39 is 10.0 Å². The number of nitrogens with one attached hydrogen (secondary N) is 1. The van der Waals surface area contributed by atoms with Crippen LogP contribution in [0.5, 0.6) is 0 Å². The number of hydrogen-bond acceptors (Lipinski definition) is 4. The molecule has 1 N–H and O–H groups in total. The lowest BCUT2D eigenvalue weighted by Crippen LogP contribution is -2.40. The highest BCUT2D eigenvalue weighted by Crippen LogP contribution is 2.29. The second-order valence-electron chi connectivity index (χ2n) is 5.92. The average molecular weight is 314 g/mol. The van der Waals surface area contributed by atoms with E-state index in [4.69, 9.17) is 4.42 Å². The lowest BCUT2D eigenvalue weighted by molar-refractivity contribution is 0.230. The van der Waals surface area contributed by atoms with Gasteiger partial charge in [0.15, 0.2) is 0 Å². The van der Waals surface area contributed by atoms with E-state index in [2.05, 4.69) is 12.2 Å². The maximum absolute atomic E-state index is 11.7. The van der Waals surface area contributed by atoms with Gasteiger partial charge in [-0.15, -0.1) is 0 Å². The Balaban J connectivity index is 2.03. The van der Waals surface area contributed by atoms with E-state index in [1.54, 1.807) is 4.31 Å². The number of piperidine rings is 1. The predicted molar refractivity (Wildman–Crippen MR) is 83.6 cm³/mol. The Hall–Kier alpha value is -0.850. The van der Waals surface area contributed by atoms with Crippen LogP contribution in [0.2, 0.25) is 0 Å². The van der Waals surface area contributed by atoms with E-state index in [1.165, 1.54) is 6.26 Å². The zero-order chi connectivity index (χ0) is 15.5. The molecule has 6 heteroatoms. The monoisotopic (exact) mass is 314 g/mol. The molecule has 21 heavy (non-hydrogen) atoms. The number of aryl methyl sites for hydroxylation is 1. The quantitative estimate of drug-likeness (QED) is 0.875. The molecule has 1 aliphatic rings. The Morgan fingerprint density at radius 3 is 2.81 bits per heavy atom. The normalized spacial score (nSPS) is 22.3. The largest absolute Gasteiger partial charge is 0.465 e. The summed E-state index contributed by atoms with van der Waals surface area (Å²) in [6.07, 6.45) is 4.22. The highest BCUT2D eigenvalue weighted by molar-refractivity contribution is 7.88. The summed E-state index contributed by atoms with van der Waals surface area (Å²) in [5.74, 6) is 2.24. The van der Waals surface area contributed by atoms with Gasteiger partial charge >= 0.3 is 0 Å². The van der Waals surface area contributed by atoms with Gasteiger partial charge in [0.25, 0.3) is 0 Å². The third kappa shape index (κ3) is 4.56. The molecule has 1 saturated heterocycles. The molecule has 2 unspecified atom stereocenters. The summed E-state index contributed by atoms with van der Waals surface area (Å²) in [6.45, 7) is 6.17. The van der Waals surface area contributed by atoms with E-state index >= 15 is 0 Å². The molecule has 1 aromatic heterocycles. The second kappa shape index (κ2) is 6.94. The molecule has 0 aromatic carbocycles. The summed E-state index contributed by atoms with van der Waals surface area (Å²) in [5, 5.41) is 3.45. The minimum atomic E-state index is -3.08. The second-order valence-corrected chi connectivity index (χ2v) is 7.91. The smallest absolute Gasteiger partial charge is 0.211 e. The first-order valence-corrected chi connectivity index (χ1v) is 9.49. The van der Waals surface area contributed by atoms with Gasteiger partial charge in [0.05, 0.1) is 12.3 Å². The van der Waals surface area contributed by atoms with Crippen molar-refractivity contribution >= 4 is 10.0 Å². The third-order valence-electron chi connectivity index (χ3n) is 4.07. The van der Waals surface area contributed by atoms with Gasteiger partial charge in [0.2, 0.25) is 10.0 Å². The van der Waals surface area contributed by atoms with Crippen molar-refractivity contribution in [3.8, 4) is 0 Å². The van der Waals surface area contributed by atoms with Crippen LogP contribution in [0.1, 0.15) is 43.7 Å². The zero-order valence-corrected chi connectivity index (χ0v) is 13.9. The Kier molecular flexibility index (Phi) is 5.46. The first-order chi connectivity index (χ1) is 9.90. The molecule has 1 aromatic rings. The van der Waals surface area contributed by atoms with Gasteiger partial charge in [-0.2, -0.15) is 0 Å². The van der Waals surface area contributed by atoms with Crippen LogP contribution in [-0.4, -0.2) is 38.6 Å². The van der Waals surface area contributed by atoms with Gasteiger partial charge in [0, 0.05) is 13.1 Å². The minimum Gasteiger partial charge on any atom is -0.465 e. The fourth-order valence-electron chi connectivity index (χ4n) is 3.04. The third-order valence-corrected chi connectivity index (χ3v) is 5.34. The first kappa shape index (κ1) is 16.5. The standard InChI is InChI=1S/C15H26N2O3S/c1-4-16-14(15-8-7-12(2)20-15)10-13-6-5-9-17(11-13)21(3,18)19/h7-8,13-14,16H,4-6,9-11H2,1-3H3. The van der Waals surface area contributed by atoms with Gasteiger partial charge in [-0.05, 0) is 50.8 Å². The molecule has 2 atom stereocenters. The SMILES string of the molecule is CCNC(CC1CCCN(S(C)(=O)=O)C1)c1ccc(C)o1. The van der Waals surface area contributed by atoms with Crippen molar-refractivity contribution in [2.24, 2.45) is 5.92 Å². The summed E-state index contributed by atoms with van der Waals surface area (Å²) < 4.78 is 30.8. The molecule has 5 nitrogen and oxygen atoms in total. The molecular weight excluding hydrogens is 288 g/mol. The summed E-state index contributed by atoms with van der Waals surface area (Å²) in [5.41, 5.74) is 0. The van der Waals surface area contributed by atoms with Crippen molar-refractivity contribution in [1.82, 2.24) is 9.62 Å². The molecule has 120 valence electrons. The summed E-state index contributed by atoms with van der Waals surface area (Å²) in [6, 6.07) is 4.15. The van der Waals surface area contributed by atoms with Crippen molar-refractivity contribution in [2.75, 3.05) is 25.9 Å². The topological polar surface area (TPSA) is 62.6 Å². The van der Waals surface area contributed by atoms with Crippen LogP contribution in [-0.2, 0) is 10.0 Å². The number of sulfonamides is 1. The van der Waals surface area contributed by atoms with Crippen LogP contribution in [0, 0.1) is 12.8 Å². The molecule has 0 spiro atoms. The molecule has 0 amide bonds. The van der Waals surface area contributed by atoms with Gasteiger partial charge < -0.3 is 9.73 Å². The maximum Gasteiger partial charge on any atom is 0.211 e. The van der Waals surface area contributed by atoms with E-state index in [0.717, 1.165) is 37.3 Å². The predicted octanol–water partition coefficient (Wildman–Crippen LogP) is 2.30. The highest BCUT2D eigenvalue weighted by Gasteiger charge is 2.28. The number of rotatable bonds is 6. The fraction of sp³-hybridized carbons (Fsp3) is 0.733. The Morgan fingerprint density at radius 1 is 1.48 bits per heavy atom. The first-order valence-electron chi connectivity index (χ1n) is 7.65. The van der Waals surface area contributed by atoms with E-state index in [-0.39, 0.29) is 6.04 Å². The van der Waals surface area contributed by atoms with Crippen molar-refractivity contribution in [3.63, 3.8) is 0 Å². The average Bonchev–Trinajstić information content (AvgIpc) is 2.84. The van der Waals surface area contributed by atoms with Crippen molar-refractivity contribution in [1.29, 1.82) is 0 Å². The molecule has 0 saturated carbocycles. The van der Waals surface area contributed by atoms with Crippen LogP contribution in [0.25, 0.3) is 0 Å². The lowest BCUT2D eigenvalue weighted by atomic mass is 9.91. The molecule has 2 rings (SSSR count). The summed E-state index contributed by atoms with van der Waals surface area (Å²) in [7, 11) is -3.08. The molecule has 1 aliphatic heterocycles. The van der Waals surface area contributed by atoms with Gasteiger partial charge in [-0.1, -0.05) is 6.92 Å².